The van der Waals surface area contributed by atoms with E-state index in [1.165, 1.54) is 28.3 Å². The Kier molecular flexibility index (Phi) is 4.26. The molecule has 94 valence electrons. The van der Waals surface area contributed by atoms with E-state index in [1.807, 2.05) is 6.07 Å². The molecule has 0 radical (unpaired) electrons. The summed E-state index contributed by atoms with van der Waals surface area (Å²) in [4.78, 5) is 12.2. The number of fused-ring (bicyclic) bond motifs is 1. The molecule has 0 saturated carbocycles. The van der Waals surface area contributed by atoms with E-state index in [9.17, 15) is 4.79 Å². The van der Waals surface area contributed by atoms with Gasteiger partial charge in [0.25, 0.3) is 0 Å². The summed E-state index contributed by atoms with van der Waals surface area (Å²) in [6.07, 6.45) is 0.451. The normalized spacial score (nSPS) is 10.6. The molecule has 0 saturated heterocycles. The number of methoxy groups -OCH3 is 1. The molecular weight excluding hydrogens is 244 g/mol. The average Bonchev–Trinajstić information content (AvgIpc) is 2.38. The van der Waals surface area contributed by atoms with E-state index in [-0.39, 0.29) is 5.97 Å². The number of carbonyl (C=O) groups is 1. The SMILES string of the molecule is COC(=O)CCSc1cc(C)c2ccccc2c1. The number of aryl methyl sites for hydroxylation is 1. The molecule has 3 heteroatoms. The van der Waals surface area contributed by atoms with Crippen molar-refractivity contribution in [3.05, 3.63) is 42.0 Å². The van der Waals surface area contributed by atoms with Crippen LogP contribution < -0.4 is 0 Å². The van der Waals surface area contributed by atoms with E-state index in [1.54, 1.807) is 11.8 Å². The summed E-state index contributed by atoms with van der Waals surface area (Å²) in [5.74, 6) is 0.602. The van der Waals surface area contributed by atoms with E-state index >= 15 is 0 Å². The molecule has 0 heterocycles. The molecule has 0 bridgehead atoms. The third-order valence-electron chi connectivity index (χ3n) is 2.84. The van der Waals surface area contributed by atoms with Crippen molar-refractivity contribution in [1.29, 1.82) is 0 Å². The molecule has 0 amide bonds. The van der Waals surface area contributed by atoms with Crippen LogP contribution in [0.4, 0.5) is 0 Å². The molecule has 0 spiro atoms. The maximum absolute atomic E-state index is 11.0. The van der Waals surface area contributed by atoms with Crippen molar-refractivity contribution in [3.8, 4) is 0 Å². The summed E-state index contributed by atoms with van der Waals surface area (Å²) in [5.41, 5.74) is 1.27. The van der Waals surface area contributed by atoms with Crippen LogP contribution >= 0.6 is 11.8 Å². The summed E-state index contributed by atoms with van der Waals surface area (Å²) in [6.45, 7) is 2.12. The van der Waals surface area contributed by atoms with Crippen LogP contribution in [0.25, 0.3) is 10.8 Å². The highest BCUT2D eigenvalue weighted by Crippen LogP contribution is 2.27. The second-order valence-electron chi connectivity index (χ2n) is 4.14. The first-order chi connectivity index (χ1) is 8.70. The minimum atomic E-state index is -0.153. The van der Waals surface area contributed by atoms with E-state index in [0.717, 1.165) is 5.75 Å². The predicted octanol–water partition coefficient (Wildman–Crippen LogP) is 3.80. The smallest absolute Gasteiger partial charge is 0.306 e. The van der Waals surface area contributed by atoms with Crippen molar-refractivity contribution in [2.75, 3.05) is 12.9 Å². The topological polar surface area (TPSA) is 26.3 Å². The first-order valence-electron chi connectivity index (χ1n) is 5.89. The van der Waals surface area contributed by atoms with Gasteiger partial charge in [0, 0.05) is 10.6 Å². The van der Waals surface area contributed by atoms with Crippen LogP contribution in [0.1, 0.15) is 12.0 Å². The maximum Gasteiger partial charge on any atom is 0.306 e. The standard InChI is InChI=1S/C15H16O2S/c1-11-9-13(18-8-7-15(16)17-2)10-12-5-3-4-6-14(11)12/h3-6,9-10H,7-8H2,1-2H3. The van der Waals surface area contributed by atoms with Crippen molar-refractivity contribution >= 4 is 28.5 Å². The Bertz CT molecular complexity index is 563. The first-order valence-corrected chi connectivity index (χ1v) is 6.88. The quantitative estimate of drug-likeness (QED) is 0.618. The molecule has 0 fully saturated rings. The lowest BCUT2D eigenvalue weighted by molar-refractivity contribution is -0.140. The molecule has 0 N–H and O–H groups in total. The summed E-state index contributed by atoms with van der Waals surface area (Å²) in [5, 5.41) is 2.54. The summed E-state index contributed by atoms with van der Waals surface area (Å²) in [6, 6.07) is 12.7. The van der Waals surface area contributed by atoms with Gasteiger partial charge in [0.2, 0.25) is 0 Å². The Balaban J connectivity index is 2.12. The van der Waals surface area contributed by atoms with Gasteiger partial charge in [-0.1, -0.05) is 24.3 Å². The number of rotatable bonds is 4. The highest BCUT2D eigenvalue weighted by Gasteiger charge is 2.03. The number of ether oxygens (including phenoxy) is 1. The van der Waals surface area contributed by atoms with Crippen LogP contribution in [0, 0.1) is 6.92 Å². The van der Waals surface area contributed by atoms with Crippen LogP contribution in [-0.2, 0) is 9.53 Å². The predicted molar refractivity (Wildman–Crippen MR) is 76.0 cm³/mol. The third kappa shape index (κ3) is 3.05. The zero-order chi connectivity index (χ0) is 13.0. The molecule has 0 aliphatic heterocycles. The van der Waals surface area contributed by atoms with Crippen LogP contribution in [0.2, 0.25) is 0 Å². The van der Waals surface area contributed by atoms with Crippen LogP contribution in [0.3, 0.4) is 0 Å². The first kappa shape index (κ1) is 13.0. The molecule has 2 aromatic carbocycles. The Labute approximate surface area is 111 Å². The van der Waals surface area contributed by atoms with Crippen molar-refractivity contribution < 1.29 is 9.53 Å². The highest BCUT2D eigenvalue weighted by molar-refractivity contribution is 7.99. The lowest BCUT2D eigenvalue weighted by atomic mass is 10.1. The summed E-state index contributed by atoms with van der Waals surface area (Å²) in [7, 11) is 1.42. The number of carbonyl (C=O) groups excluding carboxylic acids is 1. The van der Waals surface area contributed by atoms with Gasteiger partial charge in [0.05, 0.1) is 13.5 Å². The Hall–Kier alpha value is -1.48. The monoisotopic (exact) mass is 260 g/mol. The molecule has 2 nitrogen and oxygen atoms in total. The van der Waals surface area contributed by atoms with Crippen molar-refractivity contribution in [3.63, 3.8) is 0 Å². The Morgan fingerprint density at radius 1 is 1.28 bits per heavy atom. The minimum absolute atomic E-state index is 0.153. The Morgan fingerprint density at radius 2 is 2.06 bits per heavy atom. The molecule has 2 aromatic rings. The average molecular weight is 260 g/mol. The molecule has 2 rings (SSSR count). The van der Waals surface area contributed by atoms with Crippen LogP contribution in [0.15, 0.2) is 41.3 Å². The van der Waals surface area contributed by atoms with E-state index in [0.29, 0.717) is 6.42 Å². The zero-order valence-electron chi connectivity index (χ0n) is 10.6. The van der Waals surface area contributed by atoms with Gasteiger partial charge in [0.15, 0.2) is 0 Å². The van der Waals surface area contributed by atoms with Gasteiger partial charge in [-0.05, 0) is 35.4 Å². The van der Waals surface area contributed by atoms with E-state index in [4.69, 9.17) is 0 Å². The number of benzene rings is 2. The van der Waals surface area contributed by atoms with Crippen molar-refractivity contribution in [1.82, 2.24) is 0 Å². The molecule has 0 atom stereocenters. The maximum atomic E-state index is 11.0. The van der Waals surface area contributed by atoms with Crippen molar-refractivity contribution in [2.24, 2.45) is 0 Å². The number of hydrogen-bond acceptors (Lipinski definition) is 3. The van der Waals surface area contributed by atoms with Gasteiger partial charge in [-0.2, -0.15) is 0 Å². The second kappa shape index (κ2) is 5.91. The molecule has 0 aromatic heterocycles. The number of hydrogen-bond donors (Lipinski definition) is 0. The van der Waals surface area contributed by atoms with Gasteiger partial charge < -0.3 is 4.74 Å². The lowest BCUT2D eigenvalue weighted by Crippen LogP contribution is -2.00. The number of esters is 1. The molecular formula is C15H16O2S. The fourth-order valence-corrected chi connectivity index (χ4v) is 2.88. The largest absolute Gasteiger partial charge is 0.469 e. The Morgan fingerprint density at radius 3 is 2.83 bits per heavy atom. The fraction of sp³-hybridized carbons (Fsp3) is 0.267. The molecule has 0 unspecified atom stereocenters. The fourth-order valence-electron chi connectivity index (χ4n) is 1.91. The van der Waals surface area contributed by atoms with Crippen LogP contribution in [-0.4, -0.2) is 18.8 Å². The second-order valence-corrected chi connectivity index (χ2v) is 5.30. The minimum Gasteiger partial charge on any atom is -0.469 e. The molecule has 0 aliphatic rings. The van der Waals surface area contributed by atoms with Gasteiger partial charge in [-0.3, -0.25) is 4.79 Å². The van der Waals surface area contributed by atoms with Gasteiger partial charge >= 0.3 is 5.97 Å². The van der Waals surface area contributed by atoms with Crippen molar-refractivity contribution in [2.45, 2.75) is 18.2 Å². The zero-order valence-corrected chi connectivity index (χ0v) is 11.4. The molecule has 0 aliphatic carbocycles. The summed E-state index contributed by atoms with van der Waals surface area (Å²) >= 11 is 1.69. The lowest BCUT2D eigenvalue weighted by Gasteiger charge is -2.06. The van der Waals surface area contributed by atoms with E-state index < -0.39 is 0 Å². The number of thioether (sulfide) groups is 1. The highest BCUT2D eigenvalue weighted by atomic mass is 32.2. The molecule has 18 heavy (non-hydrogen) atoms. The third-order valence-corrected chi connectivity index (χ3v) is 3.82. The van der Waals surface area contributed by atoms with E-state index in [2.05, 4.69) is 42.0 Å². The van der Waals surface area contributed by atoms with Crippen LogP contribution in [0.5, 0.6) is 0 Å². The van der Waals surface area contributed by atoms with Gasteiger partial charge in [-0.15, -0.1) is 11.8 Å². The summed E-state index contributed by atoms with van der Waals surface area (Å²) < 4.78 is 4.63. The van der Waals surface area contributed by atoms with Gasteiger partial charge in [-0.25, -0.2) is 0 Å². The van der Waals surface area contributed by atoms with Gasteiger partial charge in [0.1, 0.15) is 0 Å².